The van der Waals surface area contributed by atoms with Gasteiger partial charge in [0.15, 0.2) is 0 Å². The highest BCUT2D eigenvalue weighted by atomic mass is 32.2. The summed E-state index contributed by atoms with van der Waals surface area (Å²) < 4.78 is 35.6. The monoisotopic (exact) mass is 218 g/mol. The molecule has 78 valence electrons. The maximum absolute atomic E-state index is 12.5. The van der Waals surface area contributed by atoms with Gasteiger partial charge in [-0.2, -0.15) is 8.42 Å². The Balaban J connectivity index is 2.43. The quantitative estimate of drug-likeness (QED) is 0.755. The molecule has 0 heterocycles. The summed E-state index contributed by atoms with van der Waals surface area (Å²) in [5, 5.41) is 4.72. The van der Waals surface area contributed by atoms with Gasteiger partial charge in [-0.05, 0) is 24.1 Å². The second-order valence-corrected chi connectivity index (χ2v) is 4.19. The fourth-order valence-corrected chi connectivity index (χ4v) is 1.38. The van der Waals surface area contributed by atoms with Crippen molar-refractivity contribution in [2.24, 2.45) is 5.14 Å². The van der Waals surface area contributed by atoms with Crippen molar-refractivity contribution in [2.45, 2.75) is 6.42 Å². The molecule has 0 fully saturated rings. The first kappa shape index (κ1) is 11.1. The van der Waals surface area contributed by atoms with Crippen LogP contribution < -0.4 is 9.86 Å². The zero-order valence-corrected chi connectivity index (χ0v) is 8.22. The Morgan fingerprint density at radius 3 is 2.36 bits per heavy atom. The summed E-state index contributed by atoms with van der Waals surface area (Å²) >= 11 is 0. The van der Waals surface area contributed by atoms with E-state index in [4.69, 9.17) is 5.14 Å². The van der Waals surface area contributed by atoms with Crippen molar-refractivity contribution >= 4 is 10.2 Å². The molecule has 0 bridgehead atoms. The first-order valence-electron chi connectivity index (χ1n) is 3.99. The Kier molecular flexibility index (Phi) is 3.56. The molecule has 0 aliphatic carbocycles. The minimum atomic E-state index is -3.63. The molecule has 0 spiro atoms. The molecule has 0 aliphatic heterocycles. The van der Waals surface area contributed by atoms with Crippen molar-refractivity contribution in [2.75, 3.05) is 6.54 Å². The van der Waals surface area contributed by atoms with Crippen LogP contribution in [0.3, 0.4) is 0 Å². The highest BCUT2D eigenvalue weighted by Crippen LogP contribution is 2.02. The zero-order valence-electron chi connectivity index (χ0n) is 7.40. The molecular weight excluding hydrogens is 207 g/mol. The third-order valence-electron chi connectivity index (χ3n) is 1.63. The summed E-state index contributed by atoms with van der Waals surface area (Å²) in [4.78, 5) is 0. The van der Waals surface area contributed by atoms with Crippen LogP contribution in [0.15, 0.2) is 24.3 Å². The number of nitrogens with one attached hydrogen (secondary N) is 1. The van der Waals surface area contributed by atoms with Gasteiger partial charge in [-0.15, -0.1) is 0 Å². The van der Waals surface area contributed by atoms with E-state index in [-0.39, 0.29) is 12.4 Å². The van der Waals surface area contributed by atoms with Gasteiger partial charge in [-0.3, -0.25) is 0 Å². The van der Waals surface area contributed by atoms with Gasteiger partial charge in [0.25, 0.3) is 10.2 Å². The molecule has 0 unspecified atom stereocenters. The van der Waals surface area contributed by atoms with Crippen molar-refractivity contribution in [3.05, 3.63) is 35.6 Å². The molecular formula is C8H11FN2O2S. The van der Waals surface area contributed by atoms with E-state index >= 15 is 0 Å². The highest BCUT2D eigenvalue weighted by Gasteiger charge is 2.00. The summed E-state index contributed by atoms with van der Waals surface area (Å²) in [7, 11) is -3.63. The van der Waals surface area contributed by atoms with Crippen LogP contribution in [-0.4, -0.2) is 15.0 Å². The summed E-state index contributed by atoms with van der Waals surface area (Å²) in [5.41, 5.74) is 0.850. The third-order valence-corrected chi connectivity index (χ3v) is 2.24. The van der Waals surface area contributed by atoms with Crippen LogP contribution in [0.5, 0.6) is 0 Å². The normalized spacial score (nSPS) is 11.6. The van der Waals surface area contributed by atoms with E-state index in [0.717, 1.165) is 5.56 Å². The molecule has 0 saturated carbocycles. The molecule has 0 aromatic heterocycles. The van der Waals surface area contributed by atoms with E-state index in [2.05, 4.69) is 4.72 Å². The number of hydrogen-bond acceptors (Lipinski definition) is 2. The van der Waals surface area contributed by atoms with Crippen LogP contribution in [0.25, 0.3) is 0 Å². The number of rotatable bonds is 4. The lowest BCUT2D eigenvalue weighted by molar-refractivity contribution is 0.583. The first-order valence-corrected chi connectivity index (χ1v) is 5.54. The van der Waals surface area contributed by atoms with Gasteiger partial charge in [-0.25, -0.2) is 14.3 Å². The van der Waals surface area contributed by atoms with Gasteiger partial charge in [0.2, 0.25) is 0 Å². The SMILES string of the molecule is NS(=O)(=O)NCCc1ccc(F)cc1. The summed E-state index contributed by atoms with van der Waals surface area (Å²) in [6, 6.07) is 5.85. The number of halogens is 1. The molecule has 4 nitrogen and oxygen atoms in total. The molecule has 14 heavy (non-hydrogen) atoms. The van der Waals surface area contributed by atoms with Gasteiger partial charge in [0.1, 0.15) is 5.82 Å². The second kappa shape index (κ2) is 4.50. The van der Waals surface area contributed by atoms with Gasteiger partial charge in [0, 0.05) is 6.54 Å². The van der Waals surface area contributed by atoms with E-state index in [1.54, 1.807) is 12.1 Å². The summed E-state index contributed by atoms with van der Waals surface area (Å²) in [5.74, 6) is -0.312. The average Bonchev–Trinajstić information content (AvgIpc) is 2.06. The second-order valence-electron chi connectivity index (χ2n) is 2.82. The van der Waals surface area contributed by atoms with Crippen LogP contribution in [0.4, 0.5) is 4.39 Å². The predicted octanol–water partition coefficient (Wildman–Crippen LogP) is 0.161. The lowest BCUT2D eigenvalue weighted by Gasteiger charge is -2.01. The van der Waals surface area contributed by atoms with Gasteiger partial charge >= 0.3 is 0 Å². The summed E-state index contributed by atoms with van der Waals surface area (Å²) in [6.45, 7) is 0.213. The Labute approximate surface area is 82.1 Å². The van der Waals surface area contributed by atoms with Crippen molar-refractivity contribution in [1.82, 2.24) is 4.72 Å². The molecule has 6 heteroatoms. The Morgan fingerprint density at radius 2 is 1.86 bits per heavy atom. The third kappa shape index (κ3) is 4.31. The molecule has 1 aromatic carbocycles. The van der Waals surface area contributed by atoms with Crippen molar-refractivity contribution in [3.63, 3.8) is 0 Å². The molecule has 0 aliphatic rings. The molecule has 0 saturated heterocycles. The molecule has 0 radical (unpaired) electrons. The molecule has 3 N–H and O–H groups in total. The standard InChI is InChI=1S/C8H11FN2O2S/c9-8-3-1-7(2-4-8)5-6-11-14(10,12)13/h1-4,11H,5-6H2,(H2,10,12,13). The van der Waals surface area contributed by atoms with E-state index in [1.165, 1.54) is 12.1 Å². The van der Waals surface area contributed by atoms with Gasteiger partial charge in [-0.1, -0.05) is 12.1 Å². The molecule has 1 rings (SSSR count). The van der Waals surface area contributed by atoms with E-state index in [0.29, 0.717) is 6.42 Å². The van der Waals surface area contributed by atoms with E-state index in [1.807, 2.05) is 0 Å². The van der Waals surface area contributed by atoms with Crippen LogP contribution in [0.2, 0.25) is 0 Å². The Bertz CT molecular complexity index is 388. The first-order chi connectivity index (χ1) is 6.47. The lowest BCUT2D eigenvalue weighted by Crippen LogP contribution is -2.32. The minimum Gasteiger partial charge on any atom is -0.216 e. The lowest BCUT2D eigenvalue weighted by atomic mass is 10.1. The topological polar surface area (TPSA) is 72.2 Å². The highest BCUT2D eigenvalue weighted by molar-refractivity contribution is 7.87. The summed E-state index contributed by atoms with van der Waals surface area (Å²) in [6.07, 6.45) is 0.483. The predicted molar refractivity (Wildman–Crippen MR) is 51.2 cm³/mol. The fourth-order valence-electron chi connectivity index (χ4n) is 0.989. The fraction of sp³-hybridized carbons (Fsp3) is 0.250. The maximum Gasteiger partial charge on any atom is 0.274 e. The molecule has 0 amide bonds. The van der Waals surface area contributed by atoms with Crippen molar-refractivity contribution < 1.29 is 12.8 Å². The number of hydrogen-bond donors (Lipinski definition) is 2. The van der Waals surface area contributed by atoms with Crippen LogP contribution in [-0.2, 0) is 16.6 Å². The Hall–Kier alpha value is -0.980. The van der Waals surface area contributed by atoms with E-state index < -0.39 is 10.2 Å². The minimum absolute atomic E-state index is 0.213. The van der Waals surface area contributed by atoms with Gasteiger partial charge < -0.3 is 0 Å². The number of nitrogens with two attached hydrogens (primary N) is 1. The van der Waals surface area contributed by atoms with Gasteiger partial charge in [0.05, 0.1) is 0 Å². The average molecular weight is 218 g/mol. The largest absolute Gasteiger partial charge is 0.274 e. The maximum atomic E-state index is 12.5. The molecule has 0 atom stereocenters. The van der Waals surface area contributed by atoms with Crippen molar-refractivity contribution in [3.8, 4) is 0 Å². The smallest absolute Gasteiger partial charge is 0.216 e. The van der Waals surface area contributed by atoms with Crippen molar-refractivity contribution in [1.29, 1.82) is 0 Å². The van der Waals surface area contributed by atoms with Crippen LogP contribution >= 0.6 is 0 Å². The van der Waals surface area contributed by atoms with Crippen LogP contribution in [0.1, 0.15) is 5.56 Å². The Morgan fingerprint density at radius 1 is 1.29 bits per heavy atom. The van der Waals surface area contributed by atoms with E-state index in [9.17, 15) is 12.8 Å². The molecule has 1 aromatic rings. The zero-order chi connectivity index (χ0) is 10.6. The van der Waals surface area contributed by atoms with Crippen LogP contribution in [0, 0.1) is 5.82 Å². The number of benzene rings is 1.